The lowest BCUT2D eigenvalue weighted by Gasteiger charge is -2.21. The zero-order chi connectivity index (χ0) is 15.5. The van der Waals surface area contributed by atoms with E-state index in [1.807, 2.05) is 18.2 Å². The Bertz CT molecular complexity index is 615. The zero-order valence-corrected chi connectivity index (χ0v) is 13.5. The van der Waals surface area contributed by atoms with Crippen LogP contribution in [0.3, 0.4) is 0 Å². The molecule has 0 radical (unpaired) electrons. The van der Waals surface area contributed by atoms with Gasteiger partial charge in [-0.05, 0) is 52.3 Å². The van der Waals surface area contributed by atoms with Crippen molar-refractivity contribution in [2.75, 3.05) is 0 Å². The molecule has 2 aromatic rings. The molecule has 3 heteroatoms. The first kappa shape index (κ1) is 15.5. The van der Waals surface area contributed by atoms with Gasteiger partial charge >= 0.3 is 0 Å². The maximum absolute atomic E-state index is 6.01. The number of hydrogen-bond donors (Lipinski definition) is 1. The summed E-state index contributed by atoms with van der Waals surface area (Å²) in [4.78, 5) is 4.38. The molecule has 1 aromatic heterocycles. The molecule has 0 aliphatic carbocycles. The molecule has 21 heavy (non-hydrogen) atoms. The Hall–Kier alpha value is -1.87. The van der Waals surface area contributed by atoms with Crippen LogP contribution in [0, 0.1) is 13.8 Å². The zero-order valence-electron chi connectivity index (χ0n) is 13.5. The Labute approximate surface area is 127 Å². The third-order valence-electron chi connectivity index (χ3n) is 3.20. The number of aryl methyl sites for hydroxylation is 2. The van der Waals surface area contributed by atoms with Gasteiger partial charge < -0.3 is 10.1 Å². The number of benzene rings is 1. The second-order valence-electron chi connectivity index (χ2n) is 6.44. The molecule has 0 atom stereocenters. The van der Waals surface area contributed by atoms with Crippen molar-refractivity contribution in [1.29, 1.82) is 0 Å². The minimum Gasteiger partial charge on any atom is -0.438 e. The number of nitrogens with zero attached hydrogens (tertiary/aromatic N) is 1. The molecule has 0 aliphatic rings. The van der Waals surface area contributed by atoms with Crippen LogP contribution in [-0.2, 0) is 6.54 Å². The molecule has 0 saturated carbocycles. The number of ether oxygens (including phenoxy) is 1. The fraction of sp³-hybridized carbons (Fsp3) is 0.389. The summed E-state index contributed by atoms with van der Waals surface area (Å²) in [6, 6.07) is 10.2. The summed E-state index contributed by atoms with van der Waals surface area (Å²) in [7, 11) is 0. The van der Waals surface area contributed by atoms with Crippen molar-refractivity contribution in [3.8, 4) is 11.6 Å². The van der Waals surface area contributed by atoms with E-state index in [9.17, 15) is 0 Å². The fourth-order valence-electron chi connectivity index (χ4n) is 2.03. The maximum atomic E-state index is 6.01. The van der Waals surface area contributed by atoms with Crippen LogP contribution in [0.4, 0.5) is 0 Å². The van der Waals surface area contributed by atoms with Gasteiger partial charge in [0.15, 0.2) is 0 Å². The Morgan fingerprint density at radius 1 is 1.14 bits per heavy atom. The van der Waals surface area contributed by atoms with E-state index >= 15 is 0 Å². The van der Waals surface area contributed by atoms with E-state index in [0.717, 1.165) is 23.4 Å². The van der Waals surface area contributed by atoms with Crippen molar-refractivity contribution in [3.63, 3.8) is 0 Å². The highest BCUT2D eigenvalue weighted by atomic mass is 16.5. The average Bonchev–Trinajstić information content (AvgIpc) is 2.40. The predicted octanol–water partition coefficient (Wildman–Crippen LogP) is 4.38. The maximum Gasteiger partial charge on any atom is 0.223 e. The van der Waals surface area contributed by atoms with Crippen LogP contribution in [0.2, 0.25) is 0 Å². The number of pyridine rings is 1. The lowest BCUT2D eigenvalue weighted by Crippen LogP contribution is -2.35. The van der Waals surface area contributed by atoms with E-state index in [2.05, 4.69) is 57.1 Å². The highest BCUT2D eigenvalue weighted by molar-refractivity contribution is 5.39. The van der Waals surface area contributed by atoms with Gasteiger partial charge in [-0.15, -0.1) is 0 Å². The summed E-state index contributed by atoms with van der Waals surface area (Å²) in [5.74, 6) is 1.53. The normalized spacial score (nSPS) is 11.5. The van der Waals surface area contributed by atoms with Gasteiger partial charge in [0.1, 0.15) is 5.75 Å². The van der Waals surface area contributed by atoms with Gasteiger partial charge in [-0.2, -0.15) is 0 Å². The molecule has 0 unspecified atom stereocenters. The van der Waals surface area contributed by atoms with Crippen molar-refractivity contribution in [2.24, 2.45) is 0 Å². The van der Waals surface area contributed by atoms with Crippen molar-refractivity contribution in [3.05, 3.63) is 53.2 Å². The lowest BCUT2D eigenvalue weighted by molar-refractivity contribution is 0.408. The molecule has 0 saturated heterocycles. The van der Waals surface area contributed by atoms with Crippen molar-refractivity contribution in [1.82, 2.24) is 10.3 Å². The van der Waals surface area contributed by atoms with Crippen LogP contribution < -0.4 is 10.1 Å². The Kier molecular flexibility index (Phi) is 4.63. The topological polar surface area (TPSA) is 34.1 Å². The largest absolute Gasteiger partial charge is 0.438 e. The number of rotatable bonds is 4. The van der Waals surface area contributed by atoms with Gasteiger partial charge in [0.25, 0.3) is 0 Å². The second-order valence-corrected chi connectivity index (χ2v) is 6.44. The van der Waals surface area contributed by atoms with Gasteiger partial charge in [0.2, 0.25) is 5.88 Å². The summed E-state index contributed by atoms with van der Waals surface area (Å²) in [6.07, 6.45) is 1.76. The molecule has 3 nitrogen and oxygen atoms in total. The van der Waals surface area contributed by atoms with Gasteiger partial charge in [0, 0.05) is 23.8 Å². The van der Waals surface area contributed by atoms with Crippen LogP contribution >= 0.6 is 0 Å². The summed E-state index contributed by atoms with van der Waals surface area (Å²) in [6.45, 7) is 11.3. The number of hydrogen-bond acceptors (Lipinski definition) is 3. The molecule has 1 heterocycles. The molecule has 0 spiro atoms. The first-order valence-electron chi connectivity index (χ1n) is 7.29. The van der Waals surface area contributed by atoms with E-state index in [4.69, 9.17) is 4.74 Å². The van der Waals surface area contributed by atoms with Crippen LogP contribution in [-0.4, -0.2) is 10.5 Å². The fourth-order valence-corrected chi connectivity index (χ4v) is 2.03. The second kappa shape index (κ2) is 6.27. The molecular formula is C18H24N2O. The highest BCUT2D eigenvalue weighted by Gasteiger charge is 2.12. The Morgan fingerprint density at radius 3 is 2.57 bits per heavy atom. The molecule has 0 amide bonds. The highest BCUT2D eigenvalue weighted by Crippen LogP contribution is 2.26. The molecule has 1 aromatic carbocycles. The molecule has 1 N–H and O–H groups in total. The number of nitrogens with one attached hydrogen (secondary N) is 1. The standard InChI is InChI=1S/C18H24N2O/c1-13-8-9-16(14(2)11-13)21-17-15(7-6-10-19-17)12-20-18(3,4)5/h6-11,20H,12H2,1-5H3. The van der Waals surface area contributed by atoms with E-state index in [1.165, 1.54) is 5.56 Å². The third-order valence-corrected chi connectivity index (χ3v) is 3.20. The quantitative estimate of drug-likeness (QED) is 0.904. The van der Waals surface area contributed by atoms with Gasteiger partial charge in [-0.1, -0.05) is 23.8 Å². The first-order valence-corrected chi connectivity index (χ1v) is 7.29. The average molecular weight is 284 g/mol. The molecule has 0 fully saturated rings. The summed E-state index contributed by atoms with van der Waals surface area (Å²) in [5.41, 5.74) is 3.48. The van der Waals surface area contributed by atoms with Crippen molar-refractivity contribution in [2.45, 2.75) is 46.7 Å². The minimum atomic E-state index is 0.0624. The van der Waals surface area contributed by atoms with Gasteiger partial charge in [-0.25, -0.2) is 4.98 Å². The van der Waals surface area contributed by atoms with Crippen molar-refractivity contribution >= 4 is 0 Å². The number of aromatic nitrogens is 1. The third kappa shape index (κ3) is 4.57. The first-order chi connectivity index (χ1) is 9.85. The molecule has 112 valence electrons. The lowest BCUT2D eigenvalue weighted by atomic mass is 10.1. The van der Waals surface area contributed by atoms with Crippen LogP contribution in [0.1, 0.15) is 37.5 Å². The SMILES string of the molecule is Cc1ccc(Oc2ncccc2CNC(C)(C)C)c(C)c1. The van der Waals surface area contributed by atoms with Crippen LogP contribution in [0.15, 0.2) is 36.5 Å². The summed E-state index contributed by atoms with van der Waals surface area (Å²) >= 11 is 0. The van der Waals surface area contributed by atoms with Crippen molar-refractivity contribution < 1.29 is 4.74 Å². The van der Waals surface area contributed by atoms with Crippen LogP contribution in [0.5, 0.6) is 11.6 Å². The summed E-state index contributed by atoms with van der Waals surface area (Å²) in [5, 5.41) is 3.47. The van der Waals surface area contributed by atoms with Crippen LogP contribution in [0.25, 0.3) is 0 Å². The Balaban J connectivity index is 2.20. The minimum absolute atomic E-state index is 0.0624. The van der Waals surface area contributed by atoms with E-state index < -0.39 is 0 Å². The van der Waals surface area contributed by atoms with Gasteiger partial charge in [0.05, 0.1) is 0 Å². The Morgan fingerprint density at radius 2 is 1.90 bits per heavy atom. The van der Waals surface area contributed by atoms with E-state index in [1.54, 1.807) is 6.20 Å². The molecular weight excluding hydrogens is 260 g/mol. The molecule has 0 aliphatic heterocycles. The van der Waals surface area contributed by atoms with E-state index in [0.29, 0.717) is 5.88 Å². The predicted molar refractivity (Wildman–Crippen MR) is 86.8 cm³/mol. The smallest absolute Gasteiger partial charge is 0.223 e. The van der Waals surface area contributed by atoms with Gasteiger partial charge in [-0.3, -0.25) is 0 Å². The van der Waals surface area contributed by atoms with E-state index in [-0.39, 0.29) is 5.54 Å². The molecule has 0 bridgehead atoms. The molecule has 2 rings (SSSR count). The summed E-state index contributed by atoms with van der Waals surface area (Å²) < 4.78 is 6.01. The monoisotopic (exact) mass is 284 g/mol.